The number of sulfonamides is 1. The van der Waals surface area contributed by atoms with E-state index < -0.39 is 10.0 Å². The van der Waals surface area contributed by atoms with E-state index in [4.69, 9.17) is 4.52 Å². The number of hydrogen-bond donors (Lipinski definition) is 1. The predicted octanol–water partition coefficient (Wildman–Crippen LogP) is 3.64. The molecule has 2 heterocycles. The molecule has 1 saturated heterocycles. The third-order valence-corrected chi connectivity index (χ3v) is 6.84. The number of nitrogens with zero attached hydrogens (tertiary/aromatic N) is 3. The van der Waals surface area contributed by atoms with Gasteiger partial charge in [0.2, 0.25) is 27.6 Å². The number of amides is 1. The van der Waals surface area contributed by atoms with E-state index in [-0.39, 0.29) is 28.7 Å². The van der Waals surface area contributed by atoms with Gasteiger partial charge in [-0.25, -0.2) is 13.1 Å². The van der Waals surface area contributed by atoms with Crippen LogP contribution in [0.3, 0.4) is 0 Å². The van der Waals surface area contributed by atoms with Crippen molar-refractivity contribution >= 4 is 21.6 Å². The monoisotopic (exact) mass is 454 g/mol. The van der Waals surface area contributed by atoms with E-state index in [1.165, 1.54) is 17.7 Å². The lowest BCUT2D eigenvalue weighted by Crippen LogP contribution is -2.25. The molecule has 1 N–H and O–H groups in total. The van der Waals surface area contributed by atoms with Crippen molar-refractivity contribution in [1.82, 2.24) is 14.9 Å². The van der Waals surface area contributed by atoms with Gasteiger partial charge in [0.15, 0.2) is 0 Å². The summed E-state index contributed by atoms with van der Waals surface area (Å²) in [5.41, 5.74) is 2.73. The molecule has 1 aliphatic rings. The maximum Gasteiger partial charge on any atom is 0.242 e. The Balaban J connectivity index is 1.41. The van der Waals surface area contributed by atoms with Crippen molar-refractivity contribution in [3.05, 3.63) is 60.0 Å². The molecule has 9 heteroatoms. The van der Waals surface area contributed by atoms with Crippen LogP contribution in [-0.4, -0.2) is 31.0 Å². The Hall–Kier alpha value is -3.04. The van der Waals surface area contributed by atoms with Crippen LogP contribution in [0.15, 0.2) is 57.9 Å². The standard InChI is InChI=1S/C23H26N4O4S/c1-23(2,3)17-8-6-16(7-9-17)22-25-20(31-26-22)15-24-32(29,30)19-12-10-18(11-13-19)27-14-4-5-21(27)28/h6-13,24H,4-5,14-15H2,1-3H3. The Morgan fingerprint density at radius 2 is 1.75 bits per heavy atom. The summed E-state index contributed by atoms with van der Waals surface area (Å²) in [6, 6.07) is 14.1. The summed E-state index contributed by atoms with van der Waals surface area (Å²) in [4.78, 5) is 17.9. The Kier molecular flexibility index (Phi) is 5.87. The number of anilines is 1. The maximum absolute atomic E-state index is 12.6. The summed E-state index contributed by atoms with van der Waals surface area (Å²) < 4.78 is 33.0. The van der Waals surface area contributed by atoms with Crippen LogP contribution < -0.4 is 9.62 Å². The highest BCUT2D eigenvalue weighted by molar-refractivity contribution is 7.89. The fourth-order valence-corrected chi connectivity index (χ4v) is 4.50. The molecule has 0 radical (unpaired) electrons. The van der Waals surface area contributed by atoms with Gasteiger partial charge in [-0.1, -0.05) is 50.2 Å². The first-order chi connectivity index (χ1) is 15.1. The average molecular weight is 455 g/mol. The van der Waals surface area contributed by atoms with E-state index in [0.29, 0.717) is 24.5 Å². The largest absolute Gasteiger partial charge is 0.338 e. The van der Waals surface area contributed by atoms with Gasteiger partial charge in [-0.15, -0.1) is 0 Å². The average Bonchev–Trinajstić information content (AvgIpc) is 3.41. The molecular formula is C23H26N4O4S. The molecule has 0 unspecified atom stereocenters. The van der Waals surface area contributed by atoms with Gasteiger partial charge >= 0.3 is 0 Å². The van der Waals surface area contributed by atoms with Crippen molar-refractivity contribution in [2.45, 2.75) is 50.5 Å². The van der Waals surface area contributed by atoms with Crippen LogP contribution in [0.4, 0.5) is 5.69 Å². The highest BCUT2D eigenvalue weighted by Crippen LogP contribution is 2.25. The van der Waals surface area contributed by atoms with Gasteiger partial charge < -0.3 is 9.42 Å². The lowest BCUT2D eigenvalue weighted by molar-refractivity contribution is -0.117. The fraction of sp³-hybridized carbons (Fsp3) is 0.348. The zero-order chi connectivity index (χ0) is 22.9. The van der Waals surface area contributed by atoms with Crippen LogP contribution in [0.2, 0.25) is 0 Å². The molecule has 0 spiro atoms. The number of nitrogens with one attached hydrogen (secondary N) is 1. The first kappa shape index (κ1) is 22.2. The molecule has 3 aromatic rings. The molecule has 168 valence electrons. The van der Waals surface area contributed by atoms with Gasteiger partial charge in [-0.2, -0.15) is 4.98 Å². The van der Waals surface area contributed by atoms with Crippen molar-refractivity contribution < 1.29 is 17.7 Å². The van der Waals surface area contributed by atoms with Gasteiger partial charge in [0.05, 0.1) is 11.4 Å². The van der Waals surface area contributed by atoms with E-state index in [1.807, 2.05) is 24.3 Å². The minimum Gasteiger partial charge on any atom is -0.338 e. The third-order valence-electron chi connectivity index (χ3n) is 5.42. The summed E-state index contributed by atoms with van der Waals surface area (Å²) in [5.74, 6) is 0.626. The lowest BCUT2D eigenvalue weighted by Gasteiger charge is -2.18. The zero-order valence-electron chi connectivity index (χ0n) is 18.3. The van der Waals surface area contributed by atoms with Crippen LogP contribution in [-0.2, 0) is 26.8 Å². The molecule has 2 aromatic carbocycles. The molecule has 0 atom stereocenters. The SMILES string of the molecule is CC(C)(C)c1ccc(-c2noc(CNS(=O)(=O)c3ccc(N4CCCC4=O)cc3)n2)cc1. The molecule has 1 aromatic heterocycles. The predicted molar refractivity (Wildman–Crippen MR) is 120 cm³/mol. The van der Waals surface area contributed by atoms with Gasteiger partial charge in [-0.3, -0.25) is 4.79 Å². The van der Waals surface area contributed by atoms with E-state index in [2.05, 4.69) is 35.6 Å². The number of carbonyl (C=O) groups excluding carboxylic acids is 1. The summed E-state index contributed by atoms with van der Waals surface area (Å²) >= 11 is 0. The summed E-state index contributed by atoms with van der Waals surface area (Å²) in [7, 11) is -3.77. The fourth-order valence-electron chi connectivity index (χ4n) is 3.53. The van der Waals surface area contributed by atoms with Crippen LogP contribution >= 0.6 is 0 Å². The molecule has 1 aliphatic heterocycles. The molecule has 0 saturated carbocycles. The minimum absolute atomic E-state index is 0.0431. The van der Waals surface area contributed by atoms with Gasteiger partial charge in [0.1, 0.15) is 0 Å². The summed E-state index contributed by atoms with van der Waals surface area (Å²) in [6.45, 7) is 6.95. The topological polar surface area (TPSA) is 105 Å². The van der Waals surface area contributed by atoms with Crippen molar-refractivity contribution in [3.8, 4) is 11.4 Å². The molecule has 0 aliphatic carbocycles. The second-order valence-corrected chi connectivity index (χ2v) is 10.6. The van der Waals surface area contributed by atoms with E-state index in [9.17, 15) is 13.2 Å². The minimum atomic E-state index is -3.77. The maximum atomic E-state index is 12.6. The second-order valence-electron chi connectivity index (χ2n) is 8.81. The van der Waals surface area contributed by atoms with Gasteiger partial charge in [0, 0.05) is 24.2 Å². The lowest BCUT2D eigenvalue weighted by atomic mass is 9.87. The smallest absolute Gasteiger partial charge is 0.242 e. The Labute approximate surface area is 187 Å². The Morgan fingerprint density at radius 1 is 1.06 bits per heavy atom. The first-order valence-corrected chi connectivity index (χ1v) is 12.0. The second kappa shape index (κ2) is 8.48. The van der Waals surface area contributed by atoms with Crippen LogP contribution in [0.1, 0.15) is 45.1 Å². The number of carbonyl (C=O) groups is 1. The van der Waals surface area contributed by atoms with Crippen molar-refractivity contribution in [2.75, 3.05) is 11.4 Å². The molecule has 1 fully saturated rings. The van der Waals surface area contributed by atoms with Gasteiger partial charge in [0.25, 0.3) is 0 Å². The Bertz CT molecular complexity index is 1210. The Morgan fingerprint density at radius 3 is 2.34 bits per heavy atom. The molecule has 4 rings (SSSR count). The number of rotatable bonds is 6. The van der Waals surface area contributed by atoms with E-state index >= 15 is 0 Å². The molecule has 1 amide bonds. The number of hydrogen-bond acceptors (Lipinski definition) is 6. The summed E-state index contributed by atoms with van der Waals surface area (Å²) in [5, 5.41) is 3.96. The third kappa shape index (κ3) is 4.73. The van der Waals surface area contributed by atoms with Crippen LogP contribution in [0.25, 0.3) is 11.4 Å². The van der Waals surface area contributed by atoms with Crippen molar-refractivity contribution in [1.29, 1.82) is 0 Å². The summed E-state index contributed by atoms with van der Waals surface area (Å²) in [6.07, 6.45) is 1.34. The number of aromatic nitrogens is 2. The van der Waals surface area contributed by atoms with Gasteiger partial charge in [-0.05, 0) is 41.7 Å². The number of benzene rings is 2. The molecule has 32 heavy (non-hydrogen) atoms. The normalized spacial score (nSPS) is 14.8. The van der Waals surface area contributed by atoms with E-state index in [1.54, 1.807) is 17.0 Å². The van der Waals surface area contributed by atoms with E-state index in [0.717, 1.165) is 12.0 Å². The van der Waals surface area contributed by atoms with Crippen molar-refractivity contribution in [2.24, 2.45) is 0 Å². The highest BCUT2D eigenvalue weighted by Gasteiger charge is 2.23. The molecule has 0 bridgehead atoms. The molecular weight excluding hydrogens is 428 g/mol. The van der Waals surface area contributed by atoms with Crippen molar-refractivity contribution in [3.63, 3.8) is 0 Å². The van der Waals surface area contributed by atoms with Crippen LogP contribution in [0.5, 0.6) is 0 Å². The van der Waals surface area contributed by atoms with Crippen LogP contribution in [0, 0.1) is 0 Å². The molecule has 8 nitrogen and oxygen atoms in total. The zero-order valence-corrected chi connectivity index (χ0v) is 19.1. The quantitative estimate of drug-likeness (QED) is 0.610. The first-order valence-electron chi connectivity index (χ1n) is 10.5. The highest BCUT2D eigenvalue weighted by atomic mass is 32.2.